The van der Waals surface area contributed by atoms with Gasteiger partial charge in [0.15, 0.2) is 0 Å². The zero-order valence-corrected chi connectivity index (χ0v) is 16.6. The van der Waals surface area contributed by atoms with Gasteiger partial charge in [0.05, 0.1) is 5.02 Å². The molecule has 0 aliphatic carbocycles. The van der Waals surface area contributed by atoms with Crippen molar-refractivity contribution >= 4 is 28.9 Å². The number of para-hydroxylation sites is 1. The molecule has 0 saturated carbocycles. The molecule has 5 heteroatoms. The molecule has 1 N–H and O–H groups in total. The SMILES string of the molecule is Cc1cc(C)n2c(Nc3c(C)cccc3C)c(-c3ccccc3Cl)nc2n1. The maximum absolute atomic E-state index is 6.50. The van der Waals surface area contributed by atoms with Crippen molar-refractivity contribution in [3.05, 3.63) is 76.1 Å². The molecule has 0 radical (unpaired) electrons. The molecule has 4 nitrogen and oxygen atoms in total. The minimum atomic E-state index is 0.663. The smallest absolute Gasteiger partial charge is 0.236 e. The van der Waals surface area contributed by atoms with Gasteiger partial charge in [-0.2, -0.15) is 0 Å². The number of imidazole rings is 1. The zero-order chi connectivity index (χ0) is 19.1. The highest BCUT2D eigenvalue weighted by Crippen LogP contribution is 2.36. The summed E-state index contributed by atoms with van der Waals surface area (Å²) < 4.78 is 2.05. The third kappa shape index (κ3) is 3.06. The average molecular weight is 377 g/mol. The molecule has 2 aromatic heterocycles. The molecule has 0 aliphatic rings. The number of benzene rings is 2. The second-order valence-corrected chi connectivity index (χ2v) is 7.26. The van der Waals surface area contributed by atoms with Gasteiger partial charge in [-0.3, -0.25) is 4.40 Å². The lowest BCUT2D eigenvalue weighted by atomic mass is 10.1. The standard InChI is InChI=1S/C22H21ClN4/c1-13-8-7-9-14(2)19(13)25-21-20(17-10-5-6-11-18(17)23)26-22-24-15(3)12-16(4)27(21)22/h5-12,25H,1-4H3. The summed E-state index contributed by atoms with van der Waals surface area (Å²) >= 11 is 6.50. The van der Waals surface area contributed by atoms with Crippen LogP contribution >= 0.6 is 11.6 Å². The molecule has 4 aromatic rings. The van der Waals surface area contributed by atoms with E-state index in [2.05, 4.69) is 59.7 Å². The van der Waals surface area contributed by atoms with Crippen LogP contribution < -0.4 is 5.32 Å². The van der Waals surface area contributed by atoms with Crippen LogP contribution in [0.15, 0.2) is 48.5 Å². The van der Waals surface area contributed by atoms with Crippen LogP contribution in [0, 0.1) is 27.7 Å². The Morgan fingerprint density at radius 3 is 2.30 bits per heavy atom. The highest BCUT2D eigenvalue weighted by atomic mass is 35.5. The number of hydrogen-bond donors (Lipinski definition) is 1. The van der Waals surface area contributed by atoms with E-state index in [1.54, 1.807) is 0 Å². The summed E-state index contributed by atoms with van der Waals surface area (Å²) in [5.74, 6) is 1.54. The van der Waals surface area contributed by atoms with Crippen molar-refractivity contribution < 1.29 is 0 Å². The van der Waals surface area contributed by atoms with Crippen LogP contribution in [-0.4, -0.2) is 14.4 Å². The van der Waals surface area contributed by atoms with Crippen molar-refractivity contribution in [2.45, 2.75) is 27.7 Å². The second kappa shape index (κ2) is 6.71. The van der Waals surface area contributed by atoms with Crippen molar-refractivity contribution in [1.82, 2.24) is 14.4 Å². The number of fused-ring (bicyclic) bond motifs is 1. The van der Waals surface area contributed by atoms with Crippen LogP contribution in [0.25, 0.3) is 17.0 Å². The summed E-state index contributed by atoms with van der Waals surface area (Å²) in [6, 6.07) is 16.1. The molecule has 136 valence electrons. The van der Waals surface area contributed by atoms with Crippen molar-refractivity contribution in [1.29, 1.82) is 0 Å². The summed E-state index contributed by atoms with van der Waals surface area (Å²) in [5.41, 5.74) is 7.11. The second-order valence-electron chi connectivity index (χ2n) is 6.85. The van der Waals surface area contributed by atoms with Gasteiger partial charge in [-0.15, -0.1) is 0 Å². The molecule has 0 fully saturated rings. The fourth-order valence-corrected chi connectivity index (χ4v) is 3.69. The molecule has 0 bridgehead atoms. The number of aromatic nitrogens is 3. The Bertz CT molecular complexity index is 1140. The van der Waals surface area contributed by atoms with Gasteiger partial charge in [0, 0.05) is 22.6 Å². The summed E-state index contributed by atoms with van der Waals surface area (Å²) in [7, 11) is 0. The van der Waals surface area contributed by atoms with Crippen LogP contribution in [-0.2, 0) is 0 Å². The highest BCUT2D eigenvalue weighted by molar-refractivity contribution is 6.33. The van der Waals surface area contributed by atoms with Gasteiger partial charge < -0.3 is 5.32 Å². The summed E-state index contributed by atoms with van der Waals surface area (Å²) in [6.45, 7) is 8.25. The molecule has 4 rings (SSSR count). The van der Waals surface area contributed by atoms with Crippen molar-refractivity contribution in [2.24, 2.45) is 0 Å². The van der Waals surface area contributed by atoms with Gasteiger partial charge in [-0.25, -0.2) is 9.97 Å². The Morgan fingerprint density at radius 1 is 0.889 bits per heavy atom. The molecule has 27 heavy (non-hydrogen) atoms. The molecule has 0 aliphatic heterocycles. The molecular weight excluding hydrogens is 356 g/mol. The molecule has 0 unspecified atom stereocenters. The average Bonchev–Trinajstić information content (AvgIpc) is 2.97. The van der Waals surface area contributed by atoms with Gasteiger partial charge >= 0.3 is 0 Å². The maximum atomic E-state index is 6.50. The van der Waals surface area contributed by atoms with Crippen LogP contribution in [0.2, 0.25) is 5.02 Å². The molecule has 2 heterocycles. The van der Waals surface area contributed by atoms with Gasteiger partial charge in [-0.1, -0.05) is 48.0 Å². The number of anilines is 2. The van der Waals surface area contributed by atoms with Crippen LogP contribution in [0.3, 0.4) is 0 Å². The van der Waals surface area contributed by atoms with E-state index >= 15 is 0 Å². The van der Waals surface area contributed by atoms with Crippen molar-refractivity contribution in [3.63, 3.8) is 0 Å². The number of rotatable bonds is 3. The Kier molecular flexibility index (Phi) is 4.36. The first-order chi connectivity index (χ1) is 13.0. The number of aryl methyl sites for hydroxylation is 4. The number of nitrogens with zero attached hydrogens (tertiary/aromatic N) is 3. The monoisotopic (exact) mass is 376 g/mol. The van der Waals surface area contributed by atoms with Crippen molar-refractivity contribution in [2.75, 3.05) is 5.32 Å². The Morgan fingerprint density at radius 2 is 1.59 bits per heavy atom. The molecular formula is C22H21ClN4. The predicted molar refractivity (Wildman–Crippen MR) is 112 cm³/mol. The van der Waals surface area contributed by atoms with Gasteiger partial charge in [-0.05, 0) is 51.0 Å². The third-order valence-electron chi connectivity index (χ3n) is 4.76. The van der Waals surface area contributed by atoms with E-state index in [9.17, 15) is 0 Å². The summed E-state index contributed by atoms with van der Waals surface area (Å²) in [4.78, 5) is 9.45. The third-order valence-corrected chi connectivity index (χ3v) is 5.09. The minimum absolute atomic E-state index is 0.663. The normalized spacial score (nSPS) is 11.1. The zero-order valence-electron chi connectivity index (χ0n) is 15.8. The lowest BCUT2D eigenvalue weighted by Gasteiger charge is -2.15. The fourth-order valence-electron chi connectivity index (χ4n) is 3.46. The fraction of sp³-hybridized carbons (Fsp3) is 0.182. The van der Waals surface area contributed by atoms with E-state index in [1.165, 1.54) is 11.1 Å². The van der Waals surface area contributed by atoms with E-state index in [-0.39, 0.29) is 0 Å². The van der Waals surface area contributed by atoms with Crippen LogP contribution in [0.1, 0.15) is 22.5 Å². The number of hydrogen-bond acceptors (Lipinski definition) is 3. The summed E-state index contributed by atoms with van der Waals surface area (Å²) in [5, 5.41) is 4.29. The van der Waals surface area contributed by atoms with Gasteiger partial charge in [0.2, 0.25) is 5.78 Å². The van der Waals surface area contributed by atoms with E-state index in [0.29, 0.717) is 10.8 Å². The predicted octanol–water partition coefficient (Wildman–Crippen LogP) is 6.03. The largest absolute Gasteiger partial charge is 0.339 e. The van der Waals surface area contributed by atoms with E-state index in [4.69, 9.17) is 16.6 Å². The maximum Gasteiger partial charge on any atom is 0.236 e. The number of nitrogens with one attached hydrogen (secondary N) is 1. The quantitative estimate of drug-likeness (QED) is 0.474. The first-order valence-corrected chi connectivity index (χ1v) is 9.28. The Balaban J connectivity index is 2.02. The summed E-state index contributed by atoms with van der Waals surface area (Å²) in [6.07, 6.45) is 0. The Labute approximate surface area is 163 Å². The first kappa shape index (κ1) is 17.6. The van der Waals surface area contributed by atoms with Gasteiger partial charge in [0.25, 0.3) is 0 Å². The molecule has 0 saturated heterocycles. The molecule has 0 atom stereocenters. The van der Waals surface area contributed by atoms with E-state index < -0.39 is 0 Å². The Hall–Kier alpha value is -2.85. The number of halogens is 1. The lowest BCUT2D eigenvalue weighted by Crippen LogP contribution is -2.03. The molecule has 0 spiro atoms. The van der Waals surface area contributed by atoms with Crippen LogP contribution in [0.4, 0.5) is 11.5 Å². The topological polar surface area (TPSA) is 42.2 Å². The van der Waals surface area contributed by atoms with Crippen LogP contribution in [0.5, 0.6) is 0 Å². The lowest BCUT2D eigenvalue weighted by molar-refractivity contribution is 1.02. The van der Waals surface area contributed by atoms with E-state index in [0.717, 1.165) is 34.2 Å². The first-order valence-electron chi connectivity index (χ1n) is 8.90. The molecule has 0 amide bonds. The minimum Gasteiger partial charge on any atom is -0.339 e. The molecule has 2 aromatic carbocycles. The van der Waals surface area contributed by atoms with Crippen molar-refractivity contribution in [3.8, 4) is 11.3 Å². The highest BCUT2D eigenvalue weighted by Gasteiger charge is 2.20. The van der Waals surface area contributed by atoms with Gasteiger partial charge in [0.1, 0.15) is 11.5 Å². The van der Waals surface area contributed by atoms with E-state index in [1.807, 2.05) is 31.2 Å².